The number of benzene rings is 1. The SMILES string of the molecule is Cc1nnc(NC(=O)N2CCC[C@@H](c3ccccc3)CC2)s1. The van der Waals surface area contributed by atoms with E-state index in [-0.39, 0.29) is 6.03 Å². The number of carbonyl (C=O) groups is 1. The summed E-state index contributed by atoms with van der Waals surface area (Å²) in [7, 11) is 0. The van der Waals surface area contributed by atoms with E-state index >= 15 is 0 Å². The number of amides is 2. The molecule has 1 N–H and O–H groups in total. The van der Waals surface area contributed by atoms with Crippen LogP contribution in [-0.2, 0) is 0 Å². The molecule has 1 aromatic heterocycles. The number of likely N-dealkylation sites (tertiary alicyclic amines) is 1. The van der Waals surface area contributed by atoms with Crippen molar-refractivity contribution in [1.82, 2.24) is 15.1 Å². The highest BCUT2D eigenvalue weighted by Gasteiger charge is 2.22. The molecular formula is C16H20N4OS. The molecule has 116 valence electrons. The second-order valence-electron chi connectivity index (χ2n) is 5.58. The van der Waals surface area contributed by atoms with Crippen molar-refractivity contribution < 1.29 is 4.79 Å². The third kappa shape index (κ3) is 3.62. The highest BCUT2D eigenvalue weighted by Crippen LogP contribution is 2.28. The molecule has 2 aromatic rings. The molecule has 1 fully saturated rings. The molecule has 1 saturated heterocycles. The van der Waals surface area contributed by atoms with Gasteiger partial charge in [0.1, 0.15) is 5.01 Å². The predicted molar refractivity (Wildman–Crippen MR) is 88.3 cm³/mol. The van der Waals surface area contributed by atoms with Crippen LogP contribution in [0.5, 0.6) is 0 Å². The van der Waals surface area contributed by atoms with Crippen molar-refractivity contribution in [2.75, 3.05) is 18.4 Å². The third-order valence-electron chi connectivity index (χ3n) is 4.03. The van der Waals surface area contributed by atoms with E-state index in [9.17, 15) is 4.79 Å². The molecule has 0 spiro atoms. The number of rotatable bonds is 2. The number of aryl methyl sites for hydroxylation is 1. The maximum Gasteiger partial charge on any atom is 0.323 e. The van der Waals surface area contributed by atoms with Crippen LogP contribution in [0.4, 0.5) is 9.93 Å². The summed E-state index contributed by atoms with van der Waals surface area (Å²) in [5.41, 5.74) is 1.38. The first kappa shape index (κ1) is 15.0. The Hall–Kier alpha value is -1.95. The van der Waals surface area contributed by atoms with Crippen molar-refractivity contribution in [2.24, 2.45) is 0 Å². The normalized spacial score (nSPS) is 18.8. The lowest BCUT2D eigenvalue weighted by atomic mass is 9.92. The molecule has 1 aromatic carbocycles. The average Bonchev–Trinajstić information content (AvgIpc) is 2.80. The van der Waals surface area contributed by atoms with Gasteiger partial charge in [-0.05, 0) is 37.7 Å². The molecule has 5 nitrogen and oxygen atoms in total. The third-order valence-corrected chi connectivity index (χ3v) is 4.78. The van der Waals surface area contributed by atoms with Gasteiger partial charge in [0.05, 0.1) is 0 Å². The molecule has 0 bridgehead atoms. The minimum atomic E-state index is -0.0649. The minimum absolute atomic E-state index is 0.0649. The van der Waals surface area contributed by atoms with Crippen LogP contribution >= 0.6 is 11.3 Å². The molecule has 3 rings (SSSR count). The quantitative estimate of drug-likeness (QED) is 0.920. The molecule has 2 heterocycles. The molecular weight excluding hydrogens is 296 g/mol. The maximum atomic E-state index is 12.3. The lowest BCUT2D eigenvalue weighted by Crippen LogP contribution is -2.35. The molecule has 22 heavy (non-hydrogen) atoms. The van der Waals surface area contributed by atoms with E-state index in [2.05, 4.69) is 39.8 Å². The van der Waals surface area contributed by atoms with E-state index in [1.165, 1.54) is 16.9 Å². The van der Waals surface area contributed by atoms with Crippen molar-refractivity contribution >= 4 is 22.5 Å². The zero-order chi connectivity index (χ0) is 15.4. The van der Waals surface area contributed by atoms with Gasteiger partial charge in [0, 0.05) is 13.1 Å². The average molecular weight is 316 g/mol. The van der Waals surface area contributed by atoms with Gasteiger partial charge in [-0.1, -0.05) is 41.7 Å². The number of aromatic nitrogens is 2. The lowest BCUT2D eigenvalue weighted by Gasteiger charge is -2.20. The maximum absolute atomic E-state index is 12.3. The summed E-state index contributed by atoms with van der Waals surface area (Å²) in [5, 5.41) is 12.1. The summed E-state index contributed by atoms with van der Waals surface area (Å²) in [5.74, 6) is 0.544. The zero-order valence-electron chi connectivity index (χ0n) is 12.7. The Morgan fingerprint density at radius 3 is 2.77 bits per heavy atom. The first-order valence-corrected chi connectivity index (χ1v) is 8.45. The van der Waals surface area contributed by atoms with Gasteiger partial charge in [-0.25, -0.2) is 4.79 Å². The summed E-state index contributed by atoms with van der Waals surface area (Å²) in [4.78, 5) is 14.2. The van der Waals surface area contributed by atoms with Gasteiger partial charge in [0.15, 0.2) is 0 Å². The Balaban J connectivity index is 1.59. The fourth-order valence-electron chi connectivity index (χ4n) is 2.88. The Kier molecular flexibility index (Phi) is 4.68. The smallest absolute Gasteiger partial charge is 0.323 e. The first-order valence-electron chi connectivity index (χ1n) is 7.63. The van der Waals surface area contributed by atoms with Crippen molar-refractivity contribution in [3.05, 3.63) is 40.9 Å². The standard InChI is InChI=1S/C16H20N4OS/c1-12-18-19-15(22-12)17-16(21)20-10-5-8-14(9-11-20)13-6-3-2-4-7-13/h2-4,6-7,14H,5,8-11H2,1H3,(H,17,19,21)/t14-/m1/s1. The van der Waals surface area contributed by atoms with E-state index in [0.717, 1.165) is 37.4 Å². The number of anilines is 1. The highest BCUT2D eigenvalue weighted by molar-refractivity contribution is 7.15. The lowest BCUT2D eigenvalue weighted by molar-refractivity contribution is 0.213. The van der Waals surface area contributed by atoms with E-state index in [1.807, 2.05) is 17.9 Å². The summed E-state index contributed by atoms with van der Waals surface area (Å²) in [6.07, 6.45) is 3.17. The van der Waals surface area contributed by atoms with Crippen LogP contribution in [0.25, 0.3) is 0 Å². The van der Waals surface area contributed by atoms with Crippen molar-refractivity contribution in [2.45, 2.75) is 32.1 Å². The summed E-state index contributed by atoms with van der Waals surface area (Å²) in [6, 6.07) is 10.5. The van der Waals surface area contributed by atoms with Crippen LogP contribution in [0.2, 0.25) is 0 Å². The molecule has 6 heteroatoms. The second-order valence-corrected chi connectivity index (χ2v) is 6.76. The first-order chi connectivity index (χ1) is 10.7. The second kappa shape index (κ2) is 6.87. The van der Waals surface area contributed by atoms with Crippen LogP contribution in [-0.4, -0.2) is 34.2 Å². The Labute approximate surface area is 134 Å². The molecule has 0 aliphatic carbocycles. The van der Waals surface area contributed by atoms with Gasteiger partial charge in [0.25, 0.3) is 0 Å². The summed E-state index contributed by atoms with van der Waals surface area (Å²) >= 11 is 1.40. The number of hydrogen-bond acceptors (Lipinski definition) is 4. The van der Waals surface area contributed by atoms with Crippen LogP contribution in [0.1, 0.15) is 35.8 Å². The van der Waals surface area contributed by atoms with Crippen LogP contribution in [0.15, 0.2) is 30.3 Å². The number of carbonyl (C=O) groups excluding carboxylic acids is 1. The van der Waals surface area contributed by atoms with E-state index < -0.39 is 0 Å². The molecule has 0 unspecified atom stereocenters. The molecule has 2 amide bonds. The molecule has 1 aliphatic heterocycles. The van der Waals surface area contributed by atoms with Gasteiger partial charge in [-0.2, -0.15) is 0 Å². The van der Waals surface area contributed by atoms with Gasteiger partial charge in [-0.15, -0.1) is 10.2 Å². The largest absolute Gasteiger partial charge is 0.324 e. The molecule has 1 aliphatic rings. The van der Waals surface area contributed by atoms with Gasteiger partial charge in [0.2, 0.25) is 5.13 Å². The van der Waals surface area contributed by atoms with Gasteiger partial charge in [-0.3, -0.25) is 5.32 Å². The minimum Gasteiger partial charge on any atom is -0.324 e. The van der Waals surface area contributed by atoms with Gasteiger partial charge < -0.3 is 4.90 Å². The number of hydrogen-bond donors (Lipinski definition) is 1. The van der Waals surface area contributed by atoms with Crippen molar-refractivity contribution in [3.8, 4) is 0 Å². The summed E-state index contributed by atoms with van der Waals surface area (Å²) in [6.45, 7) is 3.46. The molecule has 0 saturated carbocycles. The van der Waals surface area contributed by atoms with Gasteiger partial charge >= 0.3 is 6.03 Å². The zero-order valence-corrected chi connectivity index (χ0v) is 13.5. The predicted octanol–water partition coefficient (Wildman–Crippen LogP) is 3.65. The topological polar surface area (TPSA) is 58.1 Å². The Bertz CT molecular complexity index is 628. The number of urea groups is 1. The van der Waals surface area contributed by atoms with Crippen molar-refractivity contribution in [1.29, 1.82) is 0 Å². The summed E-state index contributed by atoms with van der Waals surface area (Å²) < 4.78 is 0. The van der Waals surface area contributed by atoms with Crippen LogP contribution in [0, 0.1) is 6.92 Å². The van der Waals surface area contributed by atoms with Crippen LogP contribution in [0.3, 0.4) is 0 Å². The fourth-order valence-corrected chi connectivity index (χ4v) is 3.46. The van der Waals surface area contributed by atoms with E-state index in [1.54, 1.807) is 0 Å². The van der Waals surface area contributed by atoms with E-state index in [4.69, 9.17) is 0 Å². The highest BCUT2D eigenvalue weighted by atomic mass is 32.1. The molecule has 0 radical (unpaired) electrons. The Morgan fingerprint density at radius 2 is 2.05 bits per heavy atom. The van der Waals surface area contributed by atoms with Crippen molar-refractivity contribution in [3.63, 3.8) is 0 Å². The Morgan fingerprint density at radius 1 is 1.23 bits per heavy atom. The van der Waals surface area contributed by atoms with E-state index in [0.29, 0.717) is 11.0 Å². The fraction of sp³-hybridized carbons (Fsp3) is 0.438. The number of nitrogens with one attached hydrogen (secondary N) is 1. The monoisotopic (exact) mass is 316 g/mol. The van der Waals surface area contributed by atoms with Crippen LogP contribution < -0.4 is 5.32 Å². The number of nitrogens with zero attached hydrogens (tertiary/aromatic N) is 3. The molecule has 1 atom stereocenters.